The molecule has 1 atom stereocenters. The molecule has 2 saturated heterocycles. The number of benzene rings is 1. The fraction of sp³-hybridized carbons (Fsp3) is 0.579. The van der Waals surface area contributed by atoms with Gasteiger partial charge in [-0.1, -0.05) is 15.9 Å². The molecule has 1 aromatic rings. The predicted octanol–water partition coefficient (Wildman–Crippen LogP) is 3.63. The average Bonchev–Trinajstić information content (AvgIpc) is 3.15. The smallest absolute Gasteiger partial charge is 0.410 e. The van der Waals surface area contributed by atoms with E-state index >= 15 is 0 Å². The van der Waals surface area contributed by atoms with Crippen molar-refractivity contribution in [3.05, 3.63) is 28.2 Å². The van der Waals surface area contributed by atoms with E-state index < -0.39 is 5.60 Å². The van der Waals surface area contributed by atoms with Crippen molar-refractivity contribution in [3.8, 4) is 5.75 Å². The van der Waals surface area contributed by atoms with Crippen molar-refractivity contribution in [2.75, 3.05) is 26.2 Å². The van der Waals surface area contributed by atoms with E-state index in [9.17, 15) is 14.7 Å². The second-order valence-electron chi connectivity index (χ2n) is 8.29. The van der Waals surface area contributed by atoms with Gasteiger partial charge >= 0.3 is 6.09 Å². The second kappa shape index (κ2) is 6.76. The zero-order chi connectivity index (χ0) is 19.1. The number of hydrogen-bond acceptors (Lipinski definition) is 4. The lowest BCUT2D eigenvalue weighted by Gasteiger charge is -2.27. The molecule has 3 rings (SSSR count). The Morgan fingerprint density at radius 1 is 1.15 bits per heavy atom. The first-order valence-electron chi connectivity index (χ1n) is 8.84. The number of phenolic OH excluding ortho intramolecular Hbond substituents is 1. The van der Waals surface area contributed by atoms with Crippen LogP contribution in [0.5, 0.6) is 5.75 Å². The zero-order valence-corrected chi connectivity index (χ0v) is 17.0. The molecule has 0 unspecified atom stereocenters. The molecule has 2 heterocycles. The fourth-order valence-electron chi connectivity index (χ4n) is 3.71. The summed E-state index contributed by atoms with van der Waals surface area (Å²) in [6, 6.07) is 4.86. The highest BCUT2D eigenvalue weighted by Gasteiger charge is 2.46. The van der Waals surface area contributed by atoms with Gasteiger partial charge in [0, 0.05) is 36.1 Å². The van der Waals surface area contributed by atoms with E-state index in [0.29, 0.717) is 31.7 Å². The van der Waals surface area contributed by atoms with Crippen molar-refractivity contribution in [1.29, 1.82) is 0 Å². The van der Waals surface area contributed by atoms with Crippen LogP contribution in [0.1, 0.15) is 44.0 Å². The number of carbonyl (C=O) groups is 2. The molecular weight excluding hydrogens is 400 g/mol. The lowest BCUT2D eigenvalue weighted by Crippen LogP contribution is -2.38. The molecule has 142 valence electrons. The topological polar surface area (TPSA) is 70.1 Å². The number of amides is 2. The van der Waals surface area contributed by atoms with Gasteiger partial charge in [-0.3, -0.25) is 4.79 Å². The summed E-state index contributed by atoms with van der Waals surface area (Å²) >= 11 is 3.34. The summed E-state index contributed by atoms with van der Waals surface area (Å²) in [4.78, 5) is 28.6. The highest BCUT2D eigenvalue weighted by atomic mass is 79.9. The highest BCUT2D eigenvalue weighted by Crippen LogP contribution is 2.40. The summed E-state index contributed by atoms with van der Waals surface area (Å²) < 4.78 is 6.22. The molecule has 6 nitrogen and oxygen atoms in total. The van der Waals surface area contributed by atoms with E-state index in [1.54, 1.807) is 21.9 Å². The Labute approximate surface area is 162 Å². The van der Waals surface area contributed by atoms with Crippen molar-refractivity contribution in [2.24, 2.45) is 5.41 Å². The van der Waals surface area contributed by atoms with Gasteiger partial charge in [0.05, 0.1) is 5.56 Å². The van der Waals surface area contributed by atoms with E-state index in [1.807, 2.05) is 20.8 Å². The van der Waals surface area contributed by atoms with Gasteiger partial charge in [0.15, 0.2) is 0 Å². The van der Waals surface area contributed by atoms with Gasteiger partial charge in [0.2, 0.25) is 0 Å². The minimum Gasteiger partial charge on any atom is -0.507 e. The van der Waals surface area contributed by atoms with Gasteiger partial charge in [-0.2, -0.15) is 0 Å². The monoisotopic (exact) mass is 424 g/mol. The number of ether oxygens (including phenoxy) is 1. The van der Waals surface area contributed by atoms with Crippen LogP contribution in [0.3, 0.4) is 0 Å². The van der Waals surface area contributed by atoms with Crippen LogP contribution >= 0.6 is 15.9 Å². The summed E-state index contributed by atoms with van der Waals surface area (Å²) in [7, 11) is 0. The van der Waals surface area contributed by atoms with Crippen molar-refractivity contribution >= 4 is 27.9 Å². The first-order chi connectivity index (χ1) is 12.1. The highest BCUT2D eigenvalue weighted by molar-refractivity contribution is 9.10. The molecule has 0 bridgehead atoms. The Morgan fingerprint density at radius 3 is 2.42 bits per heavy atom. The Balaban J connectivity index is 1.66. The first-order valence-corrected chi connectivity index (χ1v) is 9.64. The first kappa shape index (κ1) is 19.0. The third-order valence-corrected chi connectivity index (χ3v) is 5.50. The number of nitrogens with zero attached hydrogens (tertiary/aromatic N) is 2. The molecule has 0 aromatic heterocycles. The quantitative estimate of drug-likeness (QED) is 0.746. The SMILES string of the molecule is CC(C)(C)OC(=O)N1CC[C@]2(CCN(C(=O)c3cc(Br)ccc3O)C2)C1. The number of hydrogen-bond donors (Lipinski definition) is 1. The lowest BCUT2D eigenvalue weighted by atomic mass is 9.86. The van der Waals surface area contributed by atoms with E-state index in [2.05, 4.69) is 15.9 Å². The standard InChI is InChI=1S/C19H25BrN2O4/c1-18(2,3)26-17(25)22-9-7-19(12-22)6-8-21(11-19)16(24)14-10-13(20)4-5-15(14)23/h4-5,10,23H,6-9,11-12H2,1-3H3/t19-/m0/s1. The van der Waals surface area contributed by atoms with Crippen LogP contribution in [-0.2, 0) is 4.74 Å². The van der Waals surface area contributed by atoms with Gasteiger partial charge in [-0.25, -0.2) is 4.79 Å². The molecule has 1 aromatic carbocycles. The van der Waals surface area contributed by atoms with E-state index in [0.717, 1.165) is 17.3 Å². The average molecular weight is 425 g/mol. The van der Waals surface area contributed by atoms with Crippen molar-refractivity contribution in [3.63, 3.8) is 0 Å². The summed E-state index contributed by atoms with van der Waals surface area (Å²) in [6.07, 6.45) is 1.43. The predicted molar refractivity (Wildman–Crippen MR) is 101 cm³/mol. The molecule has 2 fully saturated rings. The van der Waals surface area contributed by atoms with Gasteiger partial charge in [-0.15, -0.1) is 0 Å². The van der Waals surface area contributed by atoms with Crippen molar-refractivity contribution < 1.29 is 19.4 Å². The number of halogens is 1. The Hall–Kier alpha value is -1.76. The minimum atomic E-state index is -0.511. The molecule has 0 saturated carbocycles. The Morgan fingerprint density at radius 2 is 1.77 bits per heavy atom. The maximum atomic E-state index is 12.8. The molecule has 1 N–H and O–H groups in total. The number of rotatable bonds is 1. The van der Waals surface area contributed by atoms with Crippen LogP contribution in [0.2, 0.25) is 0 Å². The molecule has 0 aliphatic carbocycles. The van der Waals surface area contributed by atoms with Crippen LogP contribution in [0.4, 0.5) is 4.79 Å². The fourth-order valence-corrected chi connectivity index (χ4v) is 4.07. The van der Waals surface area contributed by atoms with Crippen molar-refractivity contribution in [2.45, 2.75) is 39.2 Å². The molecule has 26 heavy (non-hydrogen) atoms. The van der Waals surface area contributed by atoms with Crippen LogP contribution in [-0.4, -0.2) is 58.7 Å². The summed E-state index contributed by atoms with van der Waals surface area (Å²) in [5.41, 5.74) is -0.282. The van der Waals surface area contributed by atoms with E-state index in [4.69, 9.17) is 4.74 Å². The van der Waals surface area contributed by atoms with Gasteiger partial charge in [0.25, 0.3) is 5.91 Å². The number of carbonyl (C=O) groups excluding carboxylic acids is 2. The normalized spacial score (nSPS) is 22.9. The molecule has 2 amide bonds. The second-order valence-corrected chi connectivity index (χ2v) is 9.21. The number of phenols is 1. The molecule has 2 aliphatic rings. The zero-order valence-electron chi connectivity index (χ0n) is 15.4. The lowest BCUT2D eigenvalue weighted by molar-refractivity contribution is 0.0274. The minimum absolute atomic E-state index is 0.0130. The molecule has 1 spiro atoms. The largest absolute Gasteiger partial charge is 0.507 e. The molecule has 0 radical (unpaired) electrons. The maximum Gasteiger partial charge on any atom is 0.410 e. The third kappa shape index (κ3) is 3.98. The molecule has 7 heteroatoms. The Kier molecular flexibility index (Phi) is 4.94. The van der Waals surface area contributed by atoms with Crippen LogP contribution in [0.25, 0.3) is 0 Å². The summed E-state index contributed by atoms with van der Waals surface area (Å²) in [6.45, 7) is 8.06. The third-order valence-electron chi connectivity index (χ3n) is 5.00. The van der Waals surface area contributed by atoms with Gasteiger partial charge in [-0.05, 0) is 51.8 Å². The maximum absolute atomic E-state index is 12.8. The molecule has 2 aliphatic heterocycles. The van der Waals surface area contributed by atoms with Crippen LogP contribution in [0.15, 0.2) is 22.7 Å². The summed E-state index contributed by atoms with van der Waals surface area (Å²) in [5, 5.41) is 10.0. The number of aromatic hydroxyl groups is 1. The van der Waals surface area contributed by atoms with E-state index in [1.165, 1.54) is 6.07 Å². The van der Waals surface area contributed by atoms with Crippen LogP contribution < -0.4 is 0 Å². The van der Waals surface area contributed by atoms with Crippen LogP contribution in [0, 0.1) is 5.41 Å². The van der Waals surface area contributed by atoms with Gasteiger partial charge < -0.3 is 19.6 Å². The van der Waals surface area contributed by atoms with Crippen molar-refractivity contribution in [1.82, 2.24) is 9.80 Å². The van der Waals surface area contributed by atoms with E-state index in [-0.39, 0.29) is 23.2 Å². The molecular formula is C19H25BrN2O4. The van der Waals surface area contributed by atoms with Gasteiger partial charge in [0.1, 0.15) is 11.4 Å². The number of likely N-dealkylation sites (tertiary alicyclic amines) is 2. The summed E-state index contributed by atoms with van der Waals surface area (Å²) in [5.74, 6) is -0.183. The Bertz CT molecular complexity index is 731.